The van der Waals surface area contributed by atoms with E-state index in [4.69, 9.17) is 0 Å². The van der Waals surface area contributed by atoms with Crippen molar-refractivity contribution in [2.75, 3.05) is 5.75 Å². The van der Waals surface area contributed by atoms with Gasteiger partial charge in [0.15, 0.2) is 5.78 Å². The largest absolute Gasteiger partial charge is 0.480 e. The number of carboxylic acid groups (broad SMARTS) is 1. The predicted molar refractivity (Wildman–Crippen MR) is 95.0 cm³/mol. The first-order chi connectivity index (χ1) is 11.1. The maximum atomic E-state index is 12.3. The van der Waals surface area contributed by atoms with Gasteiger partial charge in [0.25, 0.3) is 0 Å². The minimum Gasteiger partial charge on any atom is -0.480 e. The van der Waals surface area contributed by atoms with Gasteiger partial charge >= 0.3 is 5.97 Å². The summed E-state index contributed by atoms with van der Waals surface area (Å²) in [5.74, 6) is -0.296. The number of carbonyl (C=O) groups is 2. The third kappa shape index (κ3) is 4.96. The van der Waals surface area contributed by atoms with Crippen LogP contribution in [0.1, 0.15) is 30.1 Å². The van der Waals surface area contributed by atoms with E-state index in [1.807, 2.05) is 49.4 Å². The minimum atomic E-state index is -0.919. The Bertz CT molecular complexity index is 650. The third-order valence-electron chi connectivity index (χ3n) is 3.48. The van der Waals surface area contributed by atoms with E-state index in [0.717, 1.165) is 23.3 Å². The molecule has 0 heterocycles. The summed E-state index contributed by atoms with van der Waals surface area (Å²) in [5.41, 5.74) is 2.69. The number of ketones is 1. The number of benzene rings is 2. The normalized spacial score (nSPS) is 11.9. The van der Waals surface area contributed by atoms with Crippen LogP contribution in [-0.2, 0) is 4.79 Å². The average molecular weight is 328 g/mol. The van der Waals surface area contributed by atoms with Crippen LogP contribution < -0.4 is 0 Å². The van der Waals surface area contributed by atoms with Crippen LogP contribution in [0, 0.1) is 0 Å². The second-order valence-corrected chi connectivity index (χ2v) is 6.58. The molecule has 0 aliphatic rings. The van der Waals surface area contributed by atoms with Crippen molar-refractivity contribution in [3.05, 3.63) is 60.2 Å². The van der Waals surface area contributed by atoms with Crippen molar-refractivity contribution in [3.8, 4) is 11.1 Å². The van der Waals surface area contributed by atoms with Crippen LogP contribution in [0.15, 0.2) is 54.6 Å². The lowest BCUT2D eigenvalue weighted by Gasteiger charge is -2.11. The number of hydrogen-bond acceptors (Lipinski definition) is 3. The lowest BCUT2D eigenvalue weighted by Crippen LogP contribution is -2.21. The predicted octanol–water partition coefficient (Wildman–Crippen LogP) is 4.52. The highest BCUT2D eigenvalue weighted by molar-refractivity contribution is 8.00. The van der Waals surface area contributed by atoms with Gasteiger partial charge in [-0.2, -0.15) is 0 Å². The number of thioether (sulfide) groups is 1. The van der Waals surface area contributed by atoms with E-state index < -0.39 is 11.2 Å². The van der Waals surface area contributed by atoms with Gasteiger partial charge in [0.05, 0.1) is 0 Å². The number of Topliss-reactive ketones (excluding diaryl/α,β-unsaturated/α-hetero) is 1. The van der Waals surface area contributed by atoms with Crippen LogP contribution in [0.2, 0.25) is 0 Å². The molecule has 0 aromatic heterocycles. The molecule has 0 saturated heterocycles. The van der Waals surface area contributed by atoms with Crippen molar-refractivity contribution in [3.63, 3.8) is 0 Å². The Labute approximate surface area is 140 Å². The van der Waals surface area contributed by atoms with Crippen molar-refractivity contribution in [2.45, 2.75) is 25.0 Å². The molecule has 2 aromatic rings. The number of rotatable bonds is 8. The fraction of sp³-hybridized carbons (Fsp3) is 0.263. The van der Waals surface area contributed by atoms with Gasteiger partial charge in [0.1, 0.15) is 5.25 Å². The van der Waals surface area contributed by atoms with Crippen molar-refractivity contribution in [1.82, 2.24) is 0 Å². The van der Waals surface area contributed by atoms with Gasteiger partial charge in [-0.25, -0.2) is 0 Å². The first-order valence-electron chi connectivity index (χ1n) is 7.65. The number of carbonyl (C=O) groups excluding carboxylic acids is 1. The van der Waals surface area contributed by atoms with E-state index in [0.29, 0.717) is 5.56 Å². The fourth-order valence-electron chi connectivity index (χ4n) is 2.24. The van der Waals surface area contributed by atoms with E-state index in [1.165, 1.54) is 11.8 Å². The highest BCUT2D eigenvalue weighted by Crippen LogP contribution is 2.22. The molecule has 120 valence electrons. The smallest absolute Gasteiger partial charge is 0.317 e. The molecular formula is C19H20O3S. The molecule has 2 aromatic carbocycles. The van der Waals surface area contributed by atoms with Crippen LogP contribution in [0.25, 0.3) is 11.1 Å². The Balaban J connectivity index is 2.06. The first-order valence-corrected chi connectivity index (χ1v) is 8.69. The molecule has 0 bridgehead atoms. The Hall–Kier alpha value is -2.07. The maximum absolute atomic E-state index is 12.3. The van der Waals surface area contributed by atoms with Crippen LogP contribution in [-0.4, -0.2) is 27.9 Å². The summed E-state index contributed by atoms with van der Waals surface area (Å²) in [6, 6.07) is 17.3. The SMILES string of the molecule is CCCSC(CC(=O)c1ccc(-c2ccccc2)cc1)C(=O)O. The number of carboxylic acids is 1. The molecule has 0 aliphatic carbocycles. The zero-order chi connectivity index (χ0) is 16.7. The molecule has 0 radical (unpaired) electrons. The van der Waals surface area contributed by atoms with Gasteiger partial charge in [0.2, 0.25) is 0 Å². The van der Waals surface area contributed by atoms with Crippen molar-refractivity contribution in [1.29, 1.82) is 0 Å². The van der Waals surface area contributed by atoms with Crippen LogP contribution in [0.4, 0.5) is 0 Å². The van der Waals surface area contributed by atoms with E-state index in [9.17, 15) is 14.7 Å². The zero-order valence-electron chi connectivity index (χ0n) is 13.1. The van der Waals surface area contributed by atoms with E-state index in [-0.39, 0.29) is 12.2 Å². The van der Waals surface area contributed by atoms with E-state index >= 15 is 0 Å². The molecule has 2 rings (SSSR count). The third-order valence-corrected chi connectivity index (χ3v) is 4.90. The number of aliphatic carboxylic acids is 1. The van der Waals surface area contributed by atoms with Crippen molar-refractivity contribution in [2.24, 2.45) is 0 Å². The molecule has 0 fully saturated rings. The van der Waals surface area contributed by atoms with Gasteiger partial charge < -0.3 is 5.11 Å². The van der Waals surface area contributed by atoms with Gasteiger partial charge in [-0.1, -0.05) is 61.5 Å². The van der Waals surface area contributed by atoms with E-state index in [2.05, 4.69) is 0 Å². The van der Waals surface area contributed by atoms with Gasteiger partial charge in [-0.05, 0) is 23.3 Å². The zero-order valence-corrected chi connectivity index (χ0v) is 13.9. The molecule has 4 heteroatoms. The molecule has 0 saturated carbocycles. The summed E-state index contributed by atoms with van der Waals surface area (Å²) in [5, 5.41) is 8.55. The van der Waals surface area contributed by atoms with Crippen LogP contribution >= 0.6 is 11.8 Å². The number of hydrogen-bond donors (Lipinski definition) is 1. The minimum absolute atomic E-state index is 0.0324. The average Bonchev–Trinajstić information content (AvgIpc) is 2.59. The molecule has 3 nitrogen and oxygen atoms in total. The lowest BCUT2D eigenvalue weighted by atomic mass is 10.0. The molecule has 1 unspecified atom stereocenters. The van der Waals surface area contributed by atoms with E-state index in [1.54, 1.807) is 12.1 Å². The summed E-state index contributed by atoms with van der Waals surface area (Å²) in [4.78, 5) is 23.5. The van der Waals surface area contributed by atoms with Crippen LogP contribution in [0.3, 0.4) is 0 Å². The Morgan fingerprint density at radius 1 is 1.00 bits per heavy atom. The van der Waals surface area contributed by atoms with Crippen molar-refractivity contribution >= 4 is 23.5 Å². The molecule has 1 N–H and O–H groups in total. The molecule has 1 atom stereocenters. The Kier molecular flexibility index (Phi) is 6.41. The second kappa shape index (κ2) is 8.53. The van der Waals surface area contributed by atoms with Crippen molar-refractivity contribution < 1.29 is 14.7 Å². The Morgan fingerprint density at radius 2 is 1.61 bits per heavy atom. The standard InChI is InChI=1S/C19H20O3S/c1-2-12-23-18(19(21)22)13-17(20)16-10-8-15(9-11-16)14-6-4-3-5-7-14/h3-11,18H,2,12-13H2,1H3,(H,21,22). The highest BCUT2D eigenvalue weighted by Gasteiger charge is 2.22. The summed E-state index contributed by atoms with van der Waals surface area (Å²) in [6.07, 6.45) is 0.930. The Morgan fingerprint density at radius 3 is 2.17 bits per heavy atom. The van der Waals surface area contributed by atoms with Gasteiger partial charge in [-0.15, -0.1) is 11.8 Å². The van der Waals surface area contributed by atoms with Gasteiger partial charge in [0, 0.05) is 12.0 Å². The topological polar surface area (TPSA) is 54.4 Å². The monoisotopic (exact) mass is 328 g/mol. The quantitative estimate of drug-likeness (QED) is 0.724. The molecular weight excluding hydrogens is 308 g/mol. The molecule has 0 amide bonds. The second-order valence-electron chi connectivity index (χ2n) is 5.27. The summed E-state index contributed by atoms with van der Waals surface area (Å²) in [6.45, 7) is 2.00. The molecule has 0 aliphatic heterocycles. The first kappa shape index (κ1) is 17.3. The summed E-state index contributed by atoms with van der Waals surface area (Å²) < 4.78 is 0. The maximum Gasteiger partial charge on any atom is 0.317 e. The summed E-state index contributed by atoms with van der Waals surface area (Å²) >= 11 is 1.33. The molecule has 23 heavy (non-hydrogen) atoms. The fourth-order valence-corrected chi connectivity index (χ4v) is 3.18. The van der Waals surface area contributed by atoms with Gasteiger partial charge in [-0.3, -0.25) is 9.59 Å². The summed E-state index contributed by atoms with van der Waals surface area (Å²) in [7, 11) is 0. The molecule has 0 spiro atoms. The lowest BCUT2D eigenvalue weighted by molar-refractivity contribution is -0.136. The van der Waals surface area contributed by atoms with Crippen LogP contribution in [0.5, 0.6) is 0 Å². The highest BCUT2D eigenvalue weighted by atomic mass is 32.2.